The summed E-state index contributed by atoms with van der Waals surface area (Å²) in [4.78, 5) is 18.5. The maximum absolute atomic E-state index is 10.1. The summed E-state index contributed by atoms with van der Waals surface area (Å²) in [6.07, 6.45) is 1.04. The van der Waals surface area contributed by atoms with Gasteiger partial charge in [-0.15, -0.1) is 0 Å². The normalized spacial score (nSPS) is 8.93. The Morgan fingerprint density at radius 2 is 2.00 bits per heavy atom. The van der Waals surface area contributed by atoms with Crippen LogP contribution in [0.4, 0.5) is 0 Å². The van der Waals surface area contributed by atoms with Gasteiger partial charge in [-0.1, -0.05) is 13.5 Å². The van der Waals surface area contributed by atoms with Crippen LogP contribution in [0.1, 0.15) is 13.8 Å². The first-order chi connectivity index (χ1) is 6.62. The Hall–Kier alpha value is -0.910. The van der Waals surface area contributed by atoms with E-state index in [9.17, 15) is 4.79 Å². The molecule has 0 radical (unpaired) electrons. The molecule has 5 nitrogen and oxygen atoms in total. The Morgan fingerprint density at radius 3 is 2.21 bits per heavy atom. The van der Waals surface area contributed by atoms with E-state index in [-0.39, 0.29) is 19.1 Å². The molecule has 14 heavy (non-hydrogen) atoms. The lowest BCUT2D eigenvalue weighted by molar-refractivity contribution is -0.264. The van der Waals surface area contributed by atoms with E-state index in [1.54, 1.807) is 13.8 Å². The third-order valence-electron chi connectivity index (χ3n) is 1.05. The fourth-order valence-electron chi connectivity index (χ4n) is 0.209. The van der Waals surface area contributed by atoms with Gasteiger partial charge >= 0.3 is 5.97 Å². The highest BCUT2D eigenvalue weighted by molar-refractivity contribution is 5.80. The van der Waals surface area contributed by atoms with Gasteiger partial charge in [0.25, 0.3) is 0 Å². The maximum atomic E-state index is 10.1. The van der Waals surface area contributed by atoms with Gasteiger partial charge in [-0.2, -0.15) is 4.89 Å². The molecular formula is C9H18O5. The number of hydrogen-bond donors (Lipinski definition) is 2. The van der Waals surface area contributed by atoms with Crippen LogP contribution in [-0.2, 0) is 14.6 Å². The van der Waals surface area contributed by atoms with Gasteiger partial charge < -0.3 is 10.2 Å². The lowest BCUT2D eigenvalue weighted by Gasteiger charge is -1.97. The van der Waals surface area contributed by atoms with Crippen molar-refractivity contribution in [3.8, 4) is 0 Å². The zero-order valence-electron chi connectivity index (χ0n) is 8.60. The van der Waals surface area contributed by atoms with E-state index in [1.165, 1.54) is 0 Å². The summed E-state index contributed by atoms with van der Waals surface area (Å²) in [6.45, 7) is 7.18. The SMILES string of the molecule is C=CC(=O)OOCC.CC(CO)CO. The Kier molecular flexibility index (Phi) is 13.4. The molecule has 0 saturated carbocycles. The molecule has 0 spiro atoms. The first-order valence-electron chi connectivity index (χ1n) is 4.29. The fourth-order valence-corrected chi connectivity index (χ4v) is 0.209. The number of hydrogen-bond acceptors (Lipinski definition) is 5. The lowest BCUT2D eigenvalue weighted by atomic mass is 10.2. The van der Waals surface area contributed by atoms with Crippen molar-refractivity contribution in [1.29, 1.82) is 0 Å². The fraction of sp³-hybridized carbons (Fsp3) is 0.667. The summed E-state index contributed by atoms with van der Waals surface area (Å²) < 4.78 is 0. The molecule has 0 heterocycles. The van der Waals surface area contributed by atoms with Crippen molar-refractivity contribution in [2.45, 2.75) is 13.8 Å². The molecule has 0 atom stereocenters. The smallest absolute Gasteiger partial charge is 0.365 e. The van der Waals surface area contributed by atoms with Crippen molar-refractivity contribution >= 4 is 5.97 Å². The van der Waals surface area contributed by atoms with Gasteiger partial charge in [0.2, 0.25) is 0 Å². The van der Waals surface area contributed by atoms with Crippen LogP contribution >= 0.6 is 0 Å². The van der Waals surface area contributed by atoms with Gasteiger partial charge in [0, 0.05) is 25.2 Å². The Labute approximate surface area is 83.9 Å². The quantitative estimate of drug-likeness (QED) is 0.384. The highest BCUT2D eigenvalue weighted by Crippen LogP contribution is 1.85. The summed E-state index contributed by atoms with van der Waals surface area (Å²) in [5.74, 6) is -0.517. The first kappa shape index (κ1) is 15.6. The van der Waals surface area contributed by atoms with Crippen molar-refractivity contribution in [2.24, 2.45) is 5.92 Å². The number of aliphatic hydroxyl groups excluding tert-OH is 2. The average molecular weight is 206 g/mol. The van der Waals surface area contributed by atoms with E-state index < -0.39 is 5.97 Å². The summed E-state index contributed by atoms with van der Waals surface area (Å²) >= 11 is 0. The summed E-state index contributed by atoms with van der Waals surface area (Å²) in [5.41, 5.74) is 0. The van der Waals surface area contributed by atoms with Crippen LogP contribution in [-0.4, -0.2) is 36.0 Å². The molecule has 0 saturated heterocycles. The zero-order chi connectivity index (χ0) is 11.4. The highest BCUT2D eigenvalue weighted by Gasteiger charge is 1.92. The highest BCUT2D eigenvalue weighted by atomic mass is 17.2. The third kappa shape index (κ3) is 13.7. The van der Waals surface area contributed by atoms with Gasteiger partial charge in [-0.3, -0.25) is 4.89 Å². The lowest BCUT2D eigenvalue weighted by Crippen LogP contribution is -2.04. The molecular weight excluding hydrogens is 188 g/mol. The van der Waals surface area contributed by atoms with Gasteiger partial charge in [0.15, 0.2) is 0 Å². The molecule has 84 valence electrons. The third-order valence-corrected chi connectivity index (χ3v) is 1.05. The molecule has 0 aromatic heterocycles. The van der Waals surface area contributed by atoms with E-state index in [2.05, 4.69) is 16.4 Å². The summed E-state index contributed by atoms with van der Waals surface area (Å²) in [6, 6.07) is 0. The second-order valence-corrected chi connectivity index (χ2v) is 2.48. The summed E-state index contributed by atoms with van der Waals surface area (Å²) in [7, 11) is 0. The molecule has 0 aliphatic heterocycles. The maximum Gasteiger partial charge on any atom is 0.365 e. The molecule has 0 unspecified atom stereocenters. The van der Waals surface area contributed by atoms with E-state index in [0.717, 1.165) is 6.08 Å². The molecule has 5 heteroatoms. The zero-order valence-corrected chi connectivity index (χ0v) is 8.60. The van der Waals surface area contributed by atoms with Crippen molar-refractivity contribution in [3.05, 3.63) is 12.7 Å². The van der Waals surface area contributed by atoms with Gasteiger partial charge in [0.05, 0.1) is 6.61 Å². The Balaban J connectivity index is 0. The summed E-state index contributed by atoms with van der Waals surface area (Å²) in [5, 5.41) is 16.3. The van der Waals surface area contributed by atoms with Crippen LogP contribution in [0.15, 0.2) is 12.7 Å². The predicted molar refractivity (Wildman–Crippen MR) is 51.3 cm³/mol. The molecule has 0 aromatic rings. The molecule has 0 bridgehead atoms. The molecule has 0 rings (SSSR count). The Morgan fingerprint density at radius 1 is 1.50 bits per heavy atom. The van der Waals surface area contributed by atoms with Crippen LogP contribution in [0.5, 0.6) is 0 Å². The largest absolute Gasteiger partial charge is 0.396 e. The van der Waals surface area contributed by atoms with E-state index >= 15 is 0 Å². The van der Waals surface area contributed by atoms with Crippen molar-refractivity contribution in [1.82, 2.24) is 0 Å². The molecule has 0 aliphatic carbocycles. The standard InChI is InChI=1S/C5H8O3.C4H10O2/c1-3-5(6)8-7-4-2;1-4(2-5)3-6/h3H,1,4H2,2H3;4-6H,2-3H2,1H3. The van der Waals surface area contributed by atoms with E-state index in [1.807, 2.05) is 0 Å². The van der Waals surface area contributed by atoms with Crippen LogP contribution in [0, 0.1) is 5.92 Å². The monoisotopic (exact) mass is 206 g/mol. The van der Waals surface area contributed by atoms with E-state index in [0.29, 0.717) is 6.61 Å². The predicted octanol–water partition coefficient (Wildman–Crippen LogP) is 0.274. The minimum atomic E-state index is -0.563. The second kappa shape index (κ2) is 12.1. The van der Waals surface area contributed by atoms with Crippen molar-refractivity contribution < 1.29 is 24.8 Å². The van der Waals surface area contributed by atoms with Crippen LogP contribution in [0.3, 0.4) is 0 Å². The van der Waals surface area contributed by atoms with Crippen LogP contribution < -0.4 is 0 Å². The number of aliphatic hydroxyl groups is 2. The van der Waals surface area contributed by atoms with Gasteiger partial charge in [-0.05, 0) is 6.92 Å². The molecule has 0 aromatic carbocycles. The van der Waals surface area contributed by atoms with E-state index in [4.69, 9.17) is 10.2 Å². The molecule has 0 fully saturated rings. The van der Waals surface area contributed by atoms with Crippen LogP contribution in [0.25, 0.3) is 0 Å². The number of rotatable bonds is 5. The number of carbonyl (C=O) groups excluding carboxylic acids is 1. The number of carbonyl (C=O) groups is 1. The minimum absolute atomic E-state index is 0.0463. The van der Waals surface area contributed by atoms with Crippen molar-refractivity contribution in [2.75, 3.05) is 19.8 Å². The second-order valence-electron chi connectivity index (χ2n) is 2.48. The minimum Gasteiger partial charge on any atom is -0.396 e. The first-order valence-corrected chi connectivity index (χ1v) is 4.29. The van der Waals surface area contributed by atoms with Gasteiger partial charge in [0.1, 0.15) is 0 Å². The molecule has 0 amide bonds. The average Bonchev–Trinajstić information content (AvgIpc) is 2.25. The topological polar surface area (TPSA) is 76.0 Å². The molecule has 2 N–H and O–H groups in total. The van der Waals surface area contributed by atoms with Gasteiger partial charge in [-0.25, -0.2) is 4.79 Å². The van der Waals surface area contributed by atoms with Crippen molar-refractivity contribution in [3.63, 3.8) is 0 Å². The van der Waals surface area contributed by atoms with Crippen LogP contribution in [0.2, 0.25) is 0 Å². The Bertz CT molecular complexity index is 142. The molecule has 0 aliphatic rings.